The van der Waals surface area contributed by atoms with Crippen LogP contribution >= 0.6 is 0 Å². The van der Waals surface area contributed by atoms with E-state index in [1.165, 1.54) is 6.07 Å². The summed E-state index contributed by atoms with van der Waals surface area (Å²) in [5.74, 6) is -0.589. The summed E-state index contributed by atoms with van der Waals surface area (Å²) < 4.78 is 13.4. The lowest BCUT2D eigenvalue weighted by molar-refractivity contribution is -0.115. The second-order valence-corrected chi connectivity index (χ2v) is 4.40. The van der Waals surface area contributed by atoms with Gasteiger partial charge in [-0.15, -0.1) is 0 Å². The molecule has 5 heteroatoms. The van der Waals surface area contributed by atoms with Crippen molar-refractivity contribution in [3.8, 4) is 6.07 Å². The van der Waals surface area contributed by atoms with Crippen molar-refractivity contribution in [2.75, 3.05) is 11.9 Å². The number of carbonyl (C=O) groups is 1. The van der Waals surface area contributed by atoms with Gasteiger partial charge in [-0.3, -0.25) is 4.79 Å². The Labute approximate surface area is 122 Å². The average Bonchev–Trinajstić information content (AvgIpc) is 2.50. The number of halogens is 1. The van der Waals surface area contributed by atoms with Gasteiger partial charge in [0.1, 0.15) is 11.9 Å². The number of benzene rings is 2. The number of nitriles is 1. The van der Waals surface area contributed by atoms with E-state index in [0.29, 0.717) is 16.8 Å². The second kappa shape index (κ2) is 7.17. The minimum absolute atomic E-state index is 0.0358. The number of para-hydroxylation sites is 1. The van der Waals surface area contributed by atoms with Crippen LogP contribution in [0.2, 0.25) is 0 Å². The average molecular weight is 283 g/mol. The summed E-state index contributed by atoms with van der Waals surface area (Å²) in [6, 6.07) is 15.1. The second-order valence-electron chi connectivity index (χ2n) is 4.40. The fraction of sp³-hybridized carbons (Fsp3) is 0.125. The molecule has 0 saturated carbocycles. The maximum Gasteiger partial charge on any atom is 0.238 e. The summed E-state index contributed by atoms with van der Waals surface area (Å²) in [5.41, 5.74) is 1.38. The maximum atomic E-state index is 13.4. The molecule has 21 heavy (non-hydrogen) atoms. The normalized spacial score (nSPS) is 9.90. The van der Waals surface area contributed by atoms with E-state index in [4.69, 9.17) is 5.26 Å². The summed E-state index contributed by atoms with van der Waals surface area (Å²) >= 11 is 0. The number of nitrogens with zero attached hydrogens (tertiary/aromatic N) is 1. The largest absolute Gasteiger partial charge is 0.324 e. The van der Waals surface area contributed by atoms with Crippen LogP contribution in [-0.4, -0.2) is 12.5 Å². The van der Waals surface area contributed by atoms with Crippen molar-refractivity contribution in [3.05, 3.63) is 65.5 Å². The first kappa shape index (κ1) is 14.7. The molecule has 0 heterocycles. The third-order valence-electron chi connectivity index (χ3n) is 2.88. The third-order valence-corrected chi connectivity index (χ3v) is 2.88. The fourth-order valence-electron chi connectivity index (χ4n) is 1.84. The van der Waals surface area contributed by atoms with Crippen LogP contribution in [-0.2, 0) is 11.3 Å². The molecule has 2 aromatic rings. The molecule has 0 fully saturated rings. The molecule has 106 valence electrons. The zero-order chi connectivity index (χ0) is 15.1. The van der Waals surface area contributed by atoms with Crippen LogP contribution < -0.4 is 10.6 Å². The molecule has 0 bridgehead atoms. The lowest BCUT2D eigenvalue weighted by Crippen LogP contribution is -2.28. The third kappa shape index (κ3) is 4.13. The van der Waals surface area contributed by atoms with E-state index >= 15 is 0 Å². The van der Waals surface area contributed by atoms with Gasteiger partial charge in [-0.1, -0.05) is 30.3 Å². The highest BCUT2D eigenvalue weighted by atomic mass is 19.1. The number of nitrogens with one attached hydrogen (secondary N) is 2. The molecule has 0 spiro atoms. The van der Waals surface area contributed by atoms with E-state index in [0.717, 1.165) is 0 Å². The summed E-state index contributed by atoms with van der Waals surface area (Å²) in [6.45, 7) is 0.300. The van der Waals surface area contributed by atoms with Gasteiger partial charge in [0.25, 0.3) is 0 Å². The van der Waals surface area contributed by atoms with Gasteiger partial charge in [0.05, 0.1) is 17.8 Å². The van der Waals surface area contributed by atoms with Gasteiger partial charge in [-0.25, -0.2) is 4.39 Å². The van der Waals surface area contributed by atoms with Crippen LogP contribution in [0.1, 0.15) is 11.1 Å². The first-order valence-electron chi connectivity index (χ1n) is 6.44. The number of amides is 1. The van der Waals surface area contributed by atoms with E-state index in [1.54, 1.807) is 42.5 Å². The van der Waals surface area contributed by atoms with E-state index in [2.05, 4.69) is 10.6 Å². The minimum atomic E-state index is -0.305. The molecule has 0 unspecified atom stereocenters. The molecule has 0 aliphatic heterocycles. The molecule has 0 aliphatic carbocycles. The van der Waals surface area contributed by atoms with Gasteiger partial charge < -0.3 is 10.6 Å². The topological polar surface area (TPSA) is 64.9 Å². The van der Waals surface area contributed by atoms with Crippen LogP contribution in [0.25, 0.3) is 0 Å². The summed E-state index contributed by atoms with van der Waals surface area (Å²) in [7, 11) is 0. The Hall–Kier alpha value is -2.71. The Kier molecular flexibility index (Phi) is 5.02. The van der Waals surface area contributed by atoms with Crippen molar-refractivity contribution >= 4 is 11.6 Å². The Morgan fingerprint density at radius 2 is 1.86 bits per heavy atom. The first-order valence-corrected chi connectivity index (χ1v) is 6.44. The molecule has 2 aromatic carbocycles. The van der Waals surface area contributed by atoms with E-state index in [-0.39, 0.29) is 24.8 Å². The number of hydrogen-bond donors (Lipinski definition) is 2. The van der Waals surface area contributed by atoms with Crippen molar-refractivity contribution in [1.29, 1.82) is 5.26 Å². The Morgan fingerprint density at radius 3 is 2.62 bits per heavy atom. The lowest BCUT2D eigenvalue weighted by atomic mass is 10.2. The zero-order valence-electron chi connectivity index (χ0n) is 11.3. The van der Waals surface area contributed by atoms with Crippen LogP contribution in [0.4, 0.5) is 10.1 Å². The molecule has 2 N–H and O–H groups in total. The lowest BCUT2D eigenvalue weighted by Gasteiger charge is -2.08. The zero-order valence-corrected chi connectivity index (χ0v) is 11.3. The van der Waals surface area contributed by atoms with E-state index < -0.39 is 0 Å². The maximum absolute atomic E-state index is 13.4. The number of rotatable bonds is 5. The summed E-state index contributed by atoms with van der Waals surface area (Å²) in [4.78, 5) is 11.8. The number of carbonyl (C=O) groups excluding carboxylic acids is 1. The summed E-state index contributed by atoms with van der Waals surface area (Å²) in [5, 5.41) is 14.4. The molecule has 0 aromatic heterocycles. The van der Waals surface area contributed by atoms with Crippen molar-refractivity contribution < 1.29 is 9.18 Å². The van der Waals surface area contributed by atoms with Gasteiger partial charge >= 0.3 is 0 Å². The van der Waals surface area contributed by atoms with Crippen LogP contribution in [0.15, 0.2) is 48.5 Å². The molecule has 1 amide bonds. The molecule has 2 rings (SSSR count). The monoisotopic (exact) mass is 283 g/mol. The summed E-state index contributed by atoms with van der Waals surface area (Å²) in [6.07, 6.45) is 0. The smallest absolute Gasteiger partial charge is 0.238 e. The highest BCUT2D eigenvalue weighted by Gasteiger charge is 2.06. The van der Waals surface area contributed by atoms with Crippen LogP contribution in [0.3, 0.4) is 0 Å². The Balaban J connectivity index is 1.86. The molecule has 4 nitrogen and oxygen atoms in total. The van der Waals surface area contributed by atoms with Crippen LogP contribution in [0, 0.1) is 17.1 Å². The predicted molar refractivity (Wildman–Crippen MR) is 77.9 cm³/mol. The van der Waals surface area contributed by atoms with Gasteiger partial charge in [0.2, 0.25) is 5.91 Å². The Bertz CT molecular complexity index is 679. The Morgan fingerprint density at radius 1 is 1.14 bits per heavy atom. The molecule has 0 aliphatic rings. The molecule has 0 atom stereocenters. The van der Waals surface area contributed by atoms with E-state index in [1.807, 2.05) is 6.07 Å². The molecular formula is C16H14FN3O. The van der Waals surface area contributed by atoms with Gasteiger partial charge in [-0.2, -0.15) is 5.26 Å². The van der Waals surface area contributed by atoms with Gasteiger partial charge in [-0.05, 0) is 18.2 Å². The fourth-order valence-corrected chi connectivity index (χ4v) is 1.84. The highest BCUT2D eigenvalue weighted by Crippen LogP contribution is 2.13. The van der Waals surface area contributed by atoms with Crippen molar-refractivity contribution in [3.63, 3.8) is 0 Å². The highest BCUT2D eigenvalue weighted by molar-refractivity contribution is 5.93. The predicted octanol–water partition coefficient (Wildman–Crippen LogP) is 2.43. The molecular weight excluding hydrogens is 269 g/mol. The minimum Gasteiger partial charge on any atom is -0.324 e. The number of anilines is 1. The van der Waals surface area contributed by atoms with Crippen LogP contribution in [0.5, 0.6) is 0 Å². The SMILES string of the molecule is N#Cc1ccccc1NC(=O)CNCc1ccccc1F. The molecule has 0 radical (unpaired) electrons. The number of hydrogen-bond acceptors (Lipinski definition) is 3. The van der Waals surface area contributed by atoms with E-state index in [9.17, 15) is 9.18 Å². The quantitative estimate of drug-likeness (QED) is 0.885. The standard InChI is InChI=1S/C16H14FN3O/c17-14-7-3-1-6-13(14)10-19-11-16(21)20-15-8-4-2-5-12(15)9-18/h1-8,19H,10-11H2,(H,20,21). The molecule has 0 saturated heterocycles. The first-order chi connectivity index (χ1) is 10.2. The van der Waals surface area contributed by atoms with Gasteiger partial charge in [0.15, 0.2) is 0 Å². The van der Waals surface area contributed by atoms with Crippen molar-refractivity contribution in [2.45, 2.75) is 6.54 Å². The van der Waals surface area contributed by atoms with Gasteiger partial charge in [0, 0.05) is 12.1 Å². The van der Waals surface area contributed by atoms with Crippen molar-refractivity contribution in [2.24, 2.45) is 0 Å². The van der Waals surface area contributed by atoms with Crippen molar-refractivity contribution in [1.82, 2.24) is 5.32 Å².